The highest BCUT2D eigenvalue weighted by molar-refractivity contribution is 6.31. The monoisotopic (exact) mass is 370 g/mol. The normalized spacial score (nSPS) is 16.0. The predicted octanol–water partition coefficient (Wildman–Crippen LogP) is 4.99. The van der Waals surface area contributed by atoms with E-state index in [0.29, 0.717) is 0 Å². The fraction of sp³-hybridized carbons (Fsp3) is 0.409. The van der Waals surface area contributed by atoms with Crippen molar-refractivity contribution >= 4 is 23.2 Å². The van der Waals surface area contributed by atoms with Crippen LogP contribution in [0.15, 0.2) is 54.6 Å². The fourth-order valence-corrected chi connectivity index (χ4v) is 3.78. The minimum Gasteiger partial charge on any atom is -0.309 e. The standard InChI is InChI=1S/C22H27ClN2O/c1-17(2)22(26)25(19-9-4-3-5-10-19)20-12-14-24(15-13-20)16-18-8-6-7-11-21(18)23/h3-11,17,20H,12-16H2,1-2H3. The van der Waals surface area contributed by atoms with E-state index in [4.69, 9.17) is 11.6 Å². The summed E-state index contributed by atoms with van der Waals surface area (Å²) in [4.78, 5) is 17.3. The van der Waals surface area contributed by atoms with Crippen LogP contribution in [0.1, 0.15) is 32.3 Å². The molecule has 26 heavy (non-hydrogen) atoms. The topological polar surface area (TPSA) is 23.6 Å². The third-order valence-electron chi connectivity index (χ3n) is 5.04. The van der Waals surface area contributed by atoms with Crippen LogP contribution in [-0.2, 0) is 11.3 Å². The minimum atomic E-state index is -0.00337. The summed E-state index contributed by atoms with van der Waals surface area (Å²) in [6.07, 6.45) is 1.97. The Kier molecular flexibility index (Phi) is 6.33. The zero-order valence-electron chi connectivity index (χ0n) is 15.6. The quantitative estimate of drug-likeness (QED) is 0.739. The lowest BCUT2D eigenvalue weighted by molar-refractivity contribution is -0.122. The number of para-hydroxylation sites is 1. The average molecular weight is 371 g/mol. The summed E-state index contributed by atoms with van der Waals surface area (Å²) in [6.45, 7) is 6.78. The lowest BCUT2D eigenvalue weighted by Gasteiger charge is -2.39. The highest BCUT2D eigenvalue weighted by Gasteiger charge is 2.30. The summed E-state index contributed by atoms with van der Waals surface area (Å²) in [5.41, 5.74) is 2.18. The fourth-order valence-electron chi connectivity index (χ4n) is 3.59. The summed E-state index contributed by atoms with van der Waals surface area (Å²) in [6, 6.07) is 18.4. The molecule has 0 bridgehead atoms. The van der Waals surface area contributed by atoms with Crippen LogP contribution in [0.2, 0.25) is 5.02 Å². The van der Waals surface area contributed by atoms with Gasteiger partial charge in [0, 0.05) is 42.3 Å². The van der Waals surface area contributed by atoms with Crippen LogP contribution in [0.4, 0.5) is 5.69 Å². The first-order valence-electron chi connectivity index (χ1n) is 9.40. The smallest absolute Gasteiger partial charge is 0.229 e. The van der Waals surface area contributed by atoms with Gasteiger partial charge in [-0.3, -0.25) is 9.69 Å². The Balaban J connectivity index is 1.68. The second-order valence-electron chi connectivity index (χ2n) is 7.30. The average Bonchev–Trinajstić information content (AvgIpc) is 2.66. The van der Waals surface area contributed by atoms with Gasteiger partial charge in [0.05, 0.1) is 0 Å². The van der Waals surface area contributed by atoms with Crippen molar-refractivity contribution in [3.05, 3.63) is 65.2 Å². The molecule has 1 heterocycles. The molecule has 0 aliphatic carbocycles. The van der Waals surface area contributed by atoms with Crippen LogP contribution in [-0.4, -0.2) is 29.9 Å². The number of amides is 1. The Morgan fingerprint density at radius 3 is 2.31 bits per heavy atom. The first-order valence-corrected chi connectivity index (χ1v) is 9.78. The maximum absolute atomic E-state index is 12.9. The van der Waals surface area contributed by atoms with E-state index in [9.17, 15) is 4.79 Å². The van der Waals surface area contributed by atoms with Crippen molar-refractivity contribution in [3.63, 3.8) is 0 Å². The maximum atomic E-state index is 12.9. The third kappa shape index (κ3) is 4.46. The minimum absolute atomic E-state index is 0.00337. The van der Waals surface area contributed by atoms with Crippen molar-refractivity contribution in [2.45, 2.75) is 39.3 Å². The predicted molar refractivity (Wildman–Crippen MR) is 109 cm³/mol. The highest BCUT2D eigenvalue weighted by atomic mass is 35.5. The maximum Gasteiger partial charge on any atom is 0.229 e. The molecule has 1 aliphatic heterocycles. The number of carbonyl (C=O) groups excluding carboxylic acids is 1. The number of nitrogens with zero attached hydrogens (tertiary/aromatic N) is 2. The molecule has 0 aromatic heterocycles. The summed E-state index contributed by atoms with van der Waals surface area (Å²) < 4.78 is 0. The number of halogens is 1. The van der Waals surface area contributed by atoms with Crippen LogP contribution < -0.4 is 4.90 Å². The van der Waals surface area contributed by atoms with Crippen molar-refractivity contribution in [2.75, 3.05) is 18.0 Å². The van der Waals surface area contributed by atoms with E-state index in [-0.39, 0.29) is 17.9 Å². The van der Waals surface area contributed by atoms with Crippen LogP contribution >= 0.6 is 11.6 Å². The number of hydrogen-bond donors (Lipinski definition) is 0. The van der Waals surface area contributed by atoms with Crippen LogP contribution in [0, 0.1) is 5.92 Å². The van der Waals surface area contributed by atoms with Crippen LogP contribution in [0.3, 0.4) is 0 Å². The molecule has 1 saturated heterocycles. The lowest BCUT2D eigenvalue weighted by atomic mass is 9.99. The third-order valence-corrected chi connectivity index (χ3v) is 5.41. The van der Waals surface area contributed by atoms with Gasteiger partial charge >= 0.3 is 0 Å². The van der Waals surface area contributed by atoms with Gasteiger partial charge in [0.1, 0.15) is 0 Å². The first-order chi connectivity index (χ1) is 12.6. The van der Waals surface area contributed by atoms with Gasteiger partial charge in [-0.1, -0.05) is 61.8 Å². The second kappa shape index (κ2) is 8.70. The number of anilines is 1. The van der Waals surface area contributed by atoms with E-state index in [1.807, 2.05) is 67.3 Å². The molecule has 0 saturated carbocycles. The van der Waals surface area contributed by atoms with E-state index in [0.717, 1.165) is 43.2 Å². The molecule has 3 nitrogen and oxygen atoms in total. The van der Waals surface area contributed by atoms with Gasteiger partial charge in [0.15, 0.2) is 0 Å². The first kappa shape index (κ1) is 18.9. The molecule has 0 N–H and O–H groups in total. The zero-order valence-corrected chi connectivity index (χ0v) is 16.3. The molecule has 2 aromatic carbocycles. The number of carbonyl (C=O) groups is 1. The number of piperidine rings is 1. The molecule has 0 radical (unpaired) electrons. The van der Waals surface area contributed by atoms with Crippen LogP contribution in [0.25, 0.3) is 0 Å². The van der Waals surface area contributed by atoms with Gasteiger partial charge in [-0.25, -0.2) is 0 Å². The molecule has 0 atom stereocenters. The number of rotatable bonds is 5. The van der Waals surface area contributed by atoms with Crippen molar-refractivity contribution < 1.29 is 4.79 Å². The summed E-state index contributed by atoms with van der Waals surface area (Å²) >= 11 is 6.30. The summed E-state index contributed by atoms with van der Waals surface area (Å²) in [5.74, 6) is 0.206. The Morgan fingerprint density at radius 1 is 1.08 bits per heavy atom. The number of hydrogen-bond acceptors (Lipinski definition) is 2. The molecule has 1 fully saturated rings. The Bertz CT molecular complexity index is 724. The van der Waals surface area contributed by atoms with Crippen molar-refractivity contribution in [1.29, 1.82) is 0 Å². The Hall–Kier alpha value is -1.84. The molecule has 3 rings (SSSR count). The van der Waals surface area contributed by atoms with E-state index in [1.54, 1.807) is 0 Å². The molecule has 0 unspecified atom stereocenters. The van der Waals surface area contributed by atoms with Gasteiger partial charge in [0.2, 0.25) is 5.91 Å². The number of likely N-dealkylation sites (tertiary alicyclic amines) is 1. The van der Waals surface area contributed by atoms with Gasteiger partial charge in [-0.2, -0.15) is 0 Å². The largest absolute Gasteiger partial charge is 0.309 e. The molecule has 4 heteroatoms. The molecular weight excluding hydrogens is 344 g/mol. The van der Waals surface area contributed by atoms with Crippen molar-refractivity contribution in [3.8, 4) is 0 Å². The molecule has 0 spiro atoms. The Labute approximate surface area is 161 Å². The van der Waals surface area contributed by atoms with E-state index < -0.39 is 0 Å². The molecule has 1 amide bonds. The highest BCUT2D eigenvalue weighted by Crippen LogP contribution is 2.27. The van der Waals surface area contributed by atoms with Gasteiger partial charge < -0.3 is 4.90 Å². The molecule has 1 aliphatic rings. The Morgan fingerprint density at radius 2 is 1.69 bits per heavy atom. The van der Waals surface area contributed by atoms with Gasteiger partial charge in [0.25, 0.3) is 0 Å². The molecule has 138 valence electrons. The summed E-state index contributed by atoms with van der Waals surface area (Å²) in [7, 11) is 0. The van der Waals surface area contributed by atoms with Crippen molar-refractivity contribution in [2.24, 2.45) is 5.92 Å². The van der Waals surface area contributed by atoms with Crippen molar-refractivity contribution in [1.82, 2.24) is 4.90 Å². The SMILES string of the molecule is CC(C)C(=O)N(c1ccccc1)C1CCN(Cc2ccccc2Cl)CC1. The summed E-state index contributed by atoms with van der Waals surface area (Å²) in [5, 5.41) is 0.829. The lowest BCUT2D eigenvalue weighted by Crippen LogP contribution is -2.48. The zero-order chi connectivity index (χ0) is 18.5. The molecule has 2 aromatic rings. The van der Waals surface area contributed by atoms with E-state index >= 15 is 0 Å². The van der Waals surface area contributed by atoms with E-state index in [1.165, 1.54) is 5.56 Å². The molecular formula is C22H27ClN2O. The van der Waals surface area contributed by atoms with Crippen LogP contribution in [0.5, 0.6) is 0 Å². The van der Waals surface area contributed by atoms with Gasteiger partial charge in [-0.05, 0) is 36.6 Å². The second-order valence-corrected chi connectivity index (χ2v) is 7.70. The van der Waals surface area contributed by atoms with Gasteiger partial charge in [-0.15, -0.1) is 0 Å². The van der Waals surface area contributed by atoms with E-state index in [2.05, 4.69) is 11.0 Å². The number of benzene rings is 2.